The van der Waals surface area contributed by atoms with Crippen LogP contribution in [-0.2, 0) is 6.54 Å². The smallest absolute Gasteiger partial charge is 0.141 e. The Labute approximate surface area is 108 Å². The summed E-state index contributed by atoms with van der Waals surface area (Å²) in [4.78, 5) is 6.56. The van der Waals surface area contributed by atoms with Crippen molar-refractivity contribution in [2.45, 2.75) is 33.7 Å². The highest BCUT2D eigenvalue weighted by molar-refractivity contribution is 5.48. The molecule has 1 saturated heterocycles. The van der Waals surface area contributed by atoms with E-state index in [9.17, 15) is 4.39 Å². The van der Waals surface area contributed by atoms with E-state index in [-0.39, 0.29) is 5.82 Å². The zero-order chi connectivity index (χ0) is 13.2. The largest absolute Gasteiger partial charge is 0.356 e. The van der Waals surface area contributed by atoms with E-state index in [0.717, 1.165) is 37.4 Å². The molecular formula is C14H22FN3. The van der Waals surface area contributed by atoms with Gasteiger partial charge in [0.25, 0.3) is 0 Å². The molecule has 2 heterocycles. The molecule has 18 heavy (non-hydrogen) atoms. The lowest BCUT2D eigenvalue weighted by Gasteiger charge is -2.23. The molecule has 0 unspecified atom stereocenters. The van der Waals surface area contributed by atoms with Crippen molar-refractivity contribution < 1.29 is 4.39 Å². The van der Waals surface area contributed by atoms with Crippen molar-refractivity contribution in [3.8, 4) is 0 Å². The first-order valence-electron chi connectivity index (χ1n) is 6.62. The summed E-state index contributed by atoms with van der Waals surface area (Å²) in [5.74, 6) is 0.674. The maximum atomic E-state index is 13.3. The third-order valence-corrected chi connectivity index (χ3v) is 3.45. The molecule has 0 atom stereocenters. The van der Waals surface area contributed by atoms with Crippen molar-refractivity contribution >= 4 is 5.82 Å². The van der Waals surface area contributed by atoms with Gasteiger partial charge in [-0.15, -0.1) is 0 Å². The molecule has 1 aliphatic rings. The maximum absolute atomic E-state index is 13.3. The standard InChI is InChI=1S/C14H22FN3/c1-4-16-8-11-7-12(15)9-17-13(11)18-6-5-14(2,3)10-18/h7,9,16H,4-6,8,10H2,1-3H3. The van der Waals surface area contributed by atoms with Crippen molar-refractivity contribution in [2.24, 2.45) is 5.41 Å². The van der Waals surface area contributed by atoms with Crippen LogP contribution in [0.2, 0.25) is 0 Å². The summed E-state index contributed by atoms with van der Waals surface area (Å²) < 4.78 is 13.3. The van der Waals surface area contributed by atoms with Crippen molar-refractivity contribution in [3.63, 3.8) is 0 Å². The molecule has 3 nitrogen and oxygen atoms in total. The Morgan fingerprint density at radius 1 is 1.50 bits per heavy atom. The van der Waals surface area contributed by atoms with Gasteiger partial charge in [-0.2, -0.15) is 0 Å². The third kappa shape index (κ3) is 2.99. The molecule has 1 N–H and O–H groups in total. The lowest BCUT2D eigenvalue weighted by molar-refractivity contribution is 0.418. The van der Waals surface area contributed by atoms with Crippen LogP contribution in [-0.4, -0.2) is 24.6 Å². The predicted octanol–water partition coefficient (Wildman–Crippen LogP) is 2.57. The molecule has 1 aliphatic heterocycles. The van der Waals surface area contributed by atoms with Gasteiger partial charge in [-0.25, -0.2) is 9.37 Å². The van der Waals surface area contributed by atoms with Gasteiger partial charge in [0.15, 0.2) is 0 Å². The Balaban J connectivity index is 2.21. The van der Waals surface area contributed by atoms with Crippen LogP contribution in [0.5, 0.6) is 0 Å². The molecule has 0 bridgehead atoms. The summed E-state index contributed by atoms with van der Waals surface area (Å²) in [6.45, 7) is 10.1. The van der Waals surface area contributed by atoms with Gasteiger partial charge in [-0.3, -0.25) is 0 Å². The van der Waals surface area contributed by atoms with Crippen molar-refractivity contribution in [2.75, 3.05) is 24.5 Å². The minimum Gasteiger partial charge on any atom is -0.356 e. The number of nitrogens with zero attached hydrogens (tertiary/aromatic N) is 2. The maximum Gasteiger partial charge on any atom is 0.141 e. The number of hydrogen-bond acceptors (Lipinski definition) is 3. The van der Waals surface area contributed by atoms with E-state index in [2.05, 4.69) is 29.0 Å². The normalized spacial score (nSPS) is 18.3. The molecule has 2 rings (SSSR count). The zero-order valence-corrected chi connectivity index (χ0v) is 11.5. The lowest BCUT2D eigenvalue weighted by atomic mass is 9.93. The first-order chi connectivity index (χ1) is 8.52. The number of rotatable bonds is 4. The van der Waals surface area contributed by atoms with E-state index in [1.807, 2.05) is 6.92 Å². The molecular weight excluding hydrogens is 229 g/mol. The number of pyridine rings is 1. The predicted molar refractivity (Wildman–Crippen MR) is 72.2 cm³/mol. The van der Waals surface area contributed by atoms with Gasteiger partial charge in [-0.05, 0) is 24.4 Å². The van der Waals surface area contributed by atoms with E-state index in [0.29, 0.717) is 12.0 Å². The Morgan fingerprint density at radius 2 is 2.28 bits per heavy atom. The van der Waals surface area contributed by atoms with Crippen LogP contribution in [0.25, 0.3) is 0 Å². The molecule has 1 aromatic heterocycles. The van der Waals surface area contributed by atoms with Gasteiger partial charge in [0.05, 0.1) is 6.20 Å². The molecule has 1 aromatic rings. The summed E-state index contributed by atoms with van der Waals surface area (Å²) in [7, 11) is 0. The first kappa shape index (κ1) is 13.3. The molecule has 0 aliphatic carbocycles. The van der Waals surface area contributed by atoms with Gasteiger partial charge >= 0.3 is 0 Å². The number of anilines is 1. The summed E-state index contributed by atoms with van der Waals surface area (Å²) >= 11 is 0. The topological polar surface area (TPSA) is 28.2 Å². The number of aromatic nitrogens is 1. The average molecular weight is 251 g/mol. The molecule has 0 aromatic carbocycles. The van der Waals surface area contributed by atoms with E-state index in [1.165, 1.54) is 6.20 Å². The Kier molecular flexibility index (Phi) is 3.85. The summed E-state index contributed by atoms with van der Waals surface area (Å²) in [5, 5.41) is 3.24. The van der Waals surface area contributed by atoms with Crippen LogP contribution in [0, 0.1) is 11.2 Å². The van der Waals surface area contributed by atoms with Crippen LogP contribution in [0.4, 0.5) is 10.2 Å². The van der Waals surface area contributed by atoms with Crippen LogP contribution in [0.3, 0.4) is 0 Å². The van der Waals surface area contributed by atoms with Gasteiger partial charge < -0.3 is 10.2 Å². The van der Waals surface area contributed by atoms with Crippen molar-refractivity contribution in [3.05, 3.63) is 23.6 Å². The molecule has 1 fully saturated rings. The molecule has 100 valence electrons. The van der Waals surface area contributed by atoms with Crippen LogP contribution >= 0.6 is 0 Å². The summed E-state index contributed by atoms with van der Waals surface area (Å²) in [5.41, 5.74) is 1.28. The molecule has 0 amide bonds. The second kappa shape index (κ2) is 5.22. The lowest BCUT2D eigenvalue weighted by Crippen LogP contribution is -2.26. The molecule has 4 heteroatoms. The fourth-order valence-electron chi connectivity index (χ4n) is 2.44. The first-order valence-corrected chi connectivity index (χ1v) is 6.62. The Morgan fingerprint density at radius 3 is 2.89 bits per heavy atom. The van der Waals surface area contributed by atoms with Gasteiger partial charge in [0, 0.05) is 25.2 Å². The van der Waals surface area contributed by atoms with E-state index < -0.39 is 0 Å². The second-order valence-corrected chi connectivity index (χ2v) is 5.75. The van der Waals surface area contributed by atoms with E-state index >= 15 is 0 Å². The van der Waals surface area contributed by atoms with Gasteiger partial charge in [0.2, 0.25) is 0 Å². The second-order valence-electron chi connectivity index (χ2n) is 5.75. The molecule has 0 radical (unpaired) electrons. The monoisotopic (exact) mass is 251 g/mol. The number of nitrogens with one attached hydrogen (secondary N) is 1. The Hall–Kier alpha value is -1.16. The van der Waals surface area contributed by atoms with Gasteiger partial charge in [-0.1, -0.05) is 20.8 Å². The minimum atomic E-state index is -0.259. The van der Waals surface area contributed by atoms with E-state index in [4.69, 9.17) is 0 Å². The fraction of sp³-hybridized carbons (Fsp3) is 0.643. The summed E-state index contributed by atoms with van der Waals surface area (Å²) in [6.07, 6.45) is 2.48. The highest BCUT2D eigenvalue weighted by atomic mass is 19.1. The quantitative estimate of drug-likeness (QED) is 0.891. The molecule has 0 saturated carbocycles. The minimum absolute atomic E-state index is 0.259. The highest BCUT2D eigenvalue weighted by Crippen LogP contribution is 2.33. The van der Waals surface area contributed by atoms with E-state index in [1.54, 1.807) is 6.07 Å². The van der Waals surface area contributed by atoms with Crippen molar-refractivity contribution in [1.82, 2.24) is 10.3 Å². The van der Waals surface area contributed by atoms with Crippen LogP contribution in [0.1, 0.15) is 32.8 Å². The van der Waals surface area contributed by atoms with Crippen LogP contribution < -0.4 is 10.2 Å². The average Bonchev–Trinajstić information content (AvgIpc) is 2.67. The SMILES string of the molecule is CCNCc1cc(F)cnc1N1CCC(C)(C)C1. The summed E-state index contributed by atoms with van der Waals surface area (Å²) in [6, 6.07) is 1.59. The number of halogens is 1. The third-order valence-electron chi connectivity index (χ3n) is 3.45. The van der Waals surface area contributed by atoms with Crippen molar-refractivity contribution in [1.29, 1.82) is 0 Å². The fourth-order valence-corrected chi connectivity index (χ4v) is 2.44. The van der Waals surface area contributed by atoms with Crippen LogP contribution in [0.15, 0.2) is 12.3 Å². The highest BCUT2D eigenvalue weighted by Gasteiger charge is 2.30. The Bertz CT molecular complexity index is 418. The zero-order valence-electron chi connectivity index (χ0n) is 11.5. The number of hydrogen-bond donors (Lipinski definition) is 1. The van der Waals surface area contributed by atoms with Gasteiger partial charge in [0.1, 0.15) is 11.6 Å². The molecule has 0 spiro atoms.